The van der Waals surface area contributed by atoms with E-state index in [1.165, 1.54) is 36.4 Å². The lowest BCUT2D eigenvalue weighted by Gasteiger charge is -2.38. The second-order valence-electron chi connectivity index (χ2n) is 8.08. The second-order valence-corrected chi connectivity index (χ2v) is 8.08. The molecule has 0 spiro atoms. The number of nitrogens with two attached hydrogens (primary N) is 2. The highest BCUT2D eigenvalue weighted by Gasteiger charge is 2.72. The van der Waals surface area contributed by atoms with E-state index in [0.717, 1.165) is 24.3 Å². The number of hydrogen-bond donors (Lipinski definition) is 2. The van der Waals surface area contributed by atoms with Gasteiger partial charge in [0.15, 0.2) is 0 Å². The van der Waals surface area contributed by atoms with E-state index in [4.69, 9.17) is 20.9 Å². The Hall–Kier alpha value is -4.34. The van der Waals surface area contributed by atoms with Crippen LogP contribution in [0, 0.1) is 0 Å². The molecule has 37 heavy (non-hydrogen) atoms. The third-order valence-electron chi connectivity index (χ3n) is 5.68. The SMILES string of the molecule is Nc1ccccc1Oc1cccc(C(c2cccc(Oc3ccccc3N)c2)(C(F)(F)F)C(F)(F)F)c1. The highest BCUT2D eigenvalue weighted by atomic mass is 19.4. The Kier molecular flexibility index (Phi) is 6.68. The molecule has 0 saturated carbocycles. The first-order chi connectivity index (χ1) is 17.4. The number of halogens is 6. The number of alkyl halides is 6. The van der Waals surface area contributed by atoms with Crippen LogP contribution in [-0.2, 0) is 5.41 Å². The summed E-state index contributed by atoms with van der Waals surface area (Å²) in [5, 5.41) is 0. The van der Waals surface area contributed by atoms with Gasteiger partial charge in [-0.3, -0.25) is 0 Å². The number of ether oxygens (including phenoxy) is 2. The summed E-state index contributed by atoms with van der Waals surface area (Å²) in [6.45, 7) is 0. The molecule has 0 unspecified atom stereocenters. The van der Waals surface area contributed by atoms with Crippen molar-refractivity contribution < 1.29 is 35.8 Å². The van der Waals surface area contributed by atoms with Crippen LogP contribution in [0.5, 0.6) is 23.0 Å². The van der Waals surface area contributed by atoms with Crippen LogP contribution in [0.25, 0.3) is 0 Å². The van der Waals surface area contributed by atoms with Crippen molar-refractivity contribution >= 4 is 11.4 Å². The predicted octanol–water partition coefficient (Wildman–Crippen LogP) is 7.85. The summed E-state index contributed by atoms with van der Waals surface area (Å²) in [7, 11) is 0. The number of rotatable bonds is 6. The minimum Gasteiger partial charge on any atom is -0.455 e. The molecule has 0 aromatic heterocycles. The Balaban J connectivity index is 1.87. The molecule has 0 aliphatic carbocycles. The van der Waals surface area contributed by atoms with E-state index in [9.17, 15) is 26.3 Å². The van der Waals surface area contributed by atoms with Crippen LogP contribution in [0.4, 0.5) is 37.7 Å². The largest absolute Gasteiger partial charge is 0.455 e. The molecule has 0 radical (unpaired) electrons. The Bertz CT molecular complexity index is 1300. The summed E-state index contributed by atoms with van der Waals surface area (Å²) in [5.74, 6) is -0.337. The summed E-state index contributed by atoms with van der Waals surface area (Å²) in [6, 6.07) is 19.7. The number of hydrogen-bond acceptors (Lipinski definition) is 4. The molecule has 0 amide bonds. The van der Waals surface area contributed by atoms with Crippen molar-refractivity contribution in [2.45, 2.75) is 17.8 Å². The van der Waals surface area contributed by atoms with Gasteiger partial charge in [-0.15, -0.1) is 0 Å². The lowest BCUT2D eigenvalue weighted by molar-refractivity contribution is -0.288. The maximum atomic E-state index is 14.6. The number of nitrogen functional groups attached to an aromatic ring is 2. The monoisotopic (exact) mass is 518 g/mol. The van der Waals surface area contributed by atoms with E-state index in [1.807, 2.05) is 0 Å². The van der Waals surface area contributed by atoms with Crippen LogP contribution in [0.3, 0.4) is 0 Å². The van der Waals surface area contributed by atoms with E-state index in [1.54, 1.807) is 24.3 Å². The van der Waals surface area contributed by atoms with Gasteiger partial charge in [0.1, 0.15) is 23.0 Å². The summed E-state index contributed by atoms with van der Waals surface area (Å²) in [5.41, 5.74) is 5.36. The van der Waals surface area contributed by atoms with Crippen molar-refractivity contribution in [3.63, 3.8) is 0 Å². The van der Waals surface area contributed by atoms with Crippen molar-refractivity contribution in [3.8, 4) is 23.0 Å². The maximum Gasteiger partial charge on any atom is 0.411 e. The van der Waals surface area contributed by atoms with Gasteiger partial charge in [0.2, 0.25) is 5.41 Å². The van der Waals surface area contributed by atoms with E-state index >= 15 is 0 Å². The molecule has 4 nitrogen and oxygen atoms in total. The molecule has 4 rings (SSSR count). The molecule has 0 bridgehead atoms. The van der Waals surface area contributed by atoms with Crippen LogP contribution < -0.4 is 20.9 Å². The molecular formula is C27H20F6N2O2. The highest BCUT2D eigenvalue weighted by Crippen LogP contribution is 2.57. The van der Waals surface area contributed by atoms with Gasteiger partial charge in [-0.25, -0.2) is 0 Å². The Morgan fingerprint density at radius 2 is 0.865 bits per heavy atom. The first kappa shape index (κ1) is 25.7. The molecular weight excluding hydrogens is 498 g/mol. The van der Waals surface area contributed by atoms with Crippen LogP contribution in [0.2, 0.25) is 0 Å². The van der Waals surface area contributed by atoms with Crippen LogP contribution >= 0.6 is 0 Å². The third kappa shape index (κ3) is 4.87. The minimum atomic E-state index is -5.79. The Morgan fingerprint density at radius 3 is 1.22 bits per heavy atom. The van der Waals surface area contributed by atoms with Crippen LogP contribution in [-0.4, -0.2) is 12.4 Å². The van der Waals surface area contributed by atoms with Gasteiger partial charge in [0, 0.05) is 0 Å². The summed E-state index contributed by atoms with van der Waals surface area (Å²) in [6.07, 6.45) is -11.6. The van der Waals surface area contributed by atoms with Crippen molar-refractivity contribution in [2.24, 2.45) is 0 Å². The lowest BCUT2D eigenvalue weighted by atomic mass is 9.73. The van der Waals surface area contributed by atoms with Gasteiger partial charge >= 0.3 is 12.4 Å². The molecule has 10 heteroatoms. The topological polar surface area (TPSA) is 70.5 Å². The van der Waals surface area contributed by atoms with Crippen molar-refractivity contribution in [2.75, 3.05) is 11.5 Å². The molecule has 0 atom stereocenters. The first-order valence-electron chi connectivity index (χ1n) is 10.8. The quantitative estimate of drug-likeness (QED) is 0.202. The minimum absolute atomic E-state index is 0.0834. The van der Waals surface area contributed by atoms with E-state index < -0.39 is 28.9 Å². The highest BCUT2D eigenvalue weighted by molar-refractivity contribution is 5.56. The van der Waals surface area contributed by atoms with Crippen molar-refractivity contribution in [1.82, 2.24) is 0 Å². The second kappa shape index (κ2) is 9.61. The van der Waals surface area contributed by atoms with E-state index in [2.05, 4.69) is 0 Å². The van der Waals surface area contributed by atoms with Gasteiger partial charge in [0.25, 0.3) is 0 Å². The molecule has 4 aromatic rings. The summed E-state index contributed by atoms with van der Waals surface area (Å²) >= 11 is 0. The fourth-order valence-corrected chi connectivity index (χ4v) is 3.97. The predicted molar refractivity (Wildman–Crippen MR) is 128 cm³/mol. The molecule has 0 fully saturated rings. The number of anilines is 2. The molecule has 0 aliphatic heterocycles. The fraction of sp³-hybridized carbons (Fsp3) is 0.111. The van der Waals surface area contributed by atoms with Crippen molar-refractivity contribution in [1.29, 1.82) is 0 Å². The summed E-state index contributed by atoms with van der Waals surface area (Å²) < 4.78 is 98.9. The Morgan fingerprint density at radius 1 is 0.486 bits per heavy atom. The van der Waals surface area contributed by atoms with Gasteiger partial charge in [-0.2, -0.15) is 26.3 Å². The van der Waals surface area contributed by atoms with E-state index in [0.29, 0.717) is 12.1 Å². The molecule has 0 saturated heterocycles. The van der Waals surface area contributed by atoms with Crippen LogP contribution in [0.1, 0.15) is 11.1 Å². The standard InChI is InChI=1S/C27H20F6N2O2/c28-26(29,30)25(27(31,32)33,17-7-5-9-19(15-17)36-23-13-3-1-11-21(23)34)18-8-6-10-20(16-18)37-24-14-4-2-12-22(24)35/h1-16H,34-35H2. The van der Waals surface area contributed by atoms with Gasteiger partial charge < -0.3 is 20.9 Å². The molecule has 4 aromatic carbocycles. The number of para-hydroxylation sites is 4. The smallest absolute Gasteiger partial charge is 0.411 e. The molecule has 192 valence electrons. The molecule has 0 aliphatic rings. The number of benzene rings is 4. The summed E-state index contributed by atoms with van der Waals surface area (Å²) in [4.78, 5) is 0. The lowest BCUT2D eigenvalue weighted by Crippen LogP contribution is -2.54. The normalized spacial score (nSPS) is 12.3. The van der Waals surface area contributed by atoms with E-state index in [-0.39, 0.29) is 34.4 Å². The molecule has 0 heterocycles. The van der Waals surface area contributed by atoms with Gasteiger partial charge in [-0.1, -0.05) is 48.5 Å². The zero-order valence-corrected chi connectivity index (χ0v) is 19.0. The third-order valence-corrected chi connectivity index (χ3v) is 5.68. The fourth-order valence-electron chi connectivity index (χ4n) is 3.97. The van der Waals surface area contributed by atoms with Crippen molar-refractivity contribution in [3.05, 3.63) is 108 Å². The van der Waals surface area contributed by atoms with Gasteiger partial charge in [-0.05, 0) is 59.7 Å². The van der Waals surface area contributed by atoms with Gasteiger partial charge in [0.05, 0.1) is 11.4 Å². The van der Waals surface area contributed by atoms with Crippen LogP contribution in [0.15, 0.2) is 97.1 Å². The average molecular weight is 518 g/mol. The Labute approximate surface area is 208 Å². The molecule has 4 N–H and O–H groups in total. The average Bonchev–Trinajstić information content (AvgIpc) is 2.81. The zero-order valence-electron chi connectivity index (χ0n) is 19.0. The first-order valence-corrected chi connectivity index (χ1v) is 10.8. The maximum absolute atomic E-state index is 14.6. The zero-order chi connectivity index (χ0) is 26.8.